The van der Waals surface area contributed by atoms with Gasteiger partial charge in [0.25, 0.3) is 0 Å². The van der Waals surface area contributed by atoms with Crippen molar-refractivity contribution in [2.45, 2.75) is 26.7 Å². The van der Waals surface area contributed by atoms with Crippen LogP contribution in [0.2, 0.25) is 0 Å². The van der Waals surface area contributed by atoms with E-state index in [-0.39, 0.29) is 6.03 Å². The van der Waals surface area contributed by atoms with Crippen molar-refractivity contribution in [1.29, 1.82) is 0 Å². The third-order valence-electron chi connectivity index (χ3n) is 4.87. The number of nitrogens with zero attached hydrogens (tertiary/aromatic N) is 3. The molecule has 30 heavy (non-hydrogen) atoms. The molecule has 0 spiro atoms. The largest absolute Gasteiger partial charge is 0.338 e. The maximum Gasteiger partial charge on any atom is 0.338 e. The first kappa shape index (κ1) is 19.9. The topological polar surface area (TPSA) is 83.9 Å². The van der Waals surface area contributed by atoms with Crippen LogP contribution in [0.4, 0.5) is 15.6 Å². The maximum atomic E-state index is 12.4. The van der Waals surface area contributed by atoms with Gasteiger partial charge < -0.3 is 0 Å². The fraction of sp³-hybridized carbons (Fsp3) is 0.227. The van der Waals surface area contributed by atoms with Crippen LogP contribution in [0, 0.1) is 6.92 Å². The molecule has 2 amide bonds. The van der Waals surface area contributed by atoms with E-state index in [0.717, 1.165) is 38.4 Å². The van der Waals surface area contributed by atoms with Gasteiger partial charge in [-0.2, -0.15) is 5.10 Å². The van der Waals surface area contributed by atoms with E-state index in [9.17, 15) is 4.79 Å². The van der Waals surface area contributed by atoms with E-state index in [1.165, 1.54) is 11.3 Å². The predicted molar refractivity (Wildman–Crippen MR) is 123 cm³/mol. The van der Waals surface area contributed by atoms with Crippen molar-refractivity contribution >= 4 is 39.2 Å². The summed E-state index contributed by atoms with van der Waals surface area (Å²) in [5.41, 5.74) is 10.7. The highest BCUT2D eigenvalue weighted by molar-refractivity contribution is 7.14. The van der Waals surface area contributed by atoms with Gasteiger partial charge in [0.1, 0.15) is 5.82 Å². The predicted octanol–water partition coefficient (Wildman–Crippen LogP) is 5.28. The highest BCUT2D eigenvalue weighted by Gasteiger charge is 2.16. The molecule has 8 heteroatoms. The number of aryl methyl sites for hydroxylation is 2. The molecule has 0 saturated heterocycles. The Morgan fingerprint density at radius 1 is 1.13 bits per heavy atom. The Morgan fingerprint density at radius 3 is 2.63 bits per heavy atom. The molecule has 3 heterocycles. The van der Waals surface area contributed by atoms with Crippen molar-refractivity contribution in [3.05, 3.63) is 59.1 Å². The Morgan fingerprint density at radius 2 is 1.90 bits per heavy atom. The molecule has 0 aliphatic heterocycles. The van der Waals surface area contributed by atoms with Crippen LogP contribution in [-0.2, 0) is 7.05 Å². The number of rotatable bonds is 5. The van der Waals surface area contributed by atoms with E-state index in [1.54, 1.807) is 4.68 Å². The molecule has 1 aromatic carbocycles. The second-order valence-electron chi connectivity index (χ2n) is 7.43. The van der Waals surface area contributed by atoms with E-state index in [2.05, 4.69) is 40.1 Å². The Labute approximate surface area is 179 Å². The molecule has 4 rings (SSSR count). The van der Waals surface area contributed by atoms with Gasteiger partial charge in [-0.25, -0.2) is 9.78 Å². The van der Waals surface area contributed by atoms with E-state index in [1.807, 2.05) is 61.8 Å². The van der Waals surface area contributed by atoms with Crippen molar-refractivity contribution < 1.29 is 4.79 Å². The number of carbonyl (C=O) groups is 1. The summed E-state index contributed by atoms with van der Waals surface area (Å²) in [5.74, 6) is 0.871. The van der Waals surface area contributed by atoms with Gasteiger partial charge in [-0.3, -0.25) is 20.9 Å². The molecule has 0 saturated carbocycles. The summed E-state index contributed by atoms with van der Waals surface area (Å²) >= 11 is 1.48. The lowest BCUT2D eigenvalue weighted by atomic mass is 10.00. The number of pyridine rings is 1. The molecule has 7 nitrogen and oxygen atoms in total. The number of aromatic nitrogens is 3. The third-order valence-corrected chi connectivity index (χ3v) is 5.71. The molecule has 0 aliphatic rings. The van der Waals surface area contributed by atoms with Gasteiger partial charge in [0, 0.05) is 17.8 Å². The average molecular weight is 421 g/mol. The number of fused-ring (bicyclic) bond motifs is 1. The number of hydrazine groups is 1. The Hall–Kier alpha value is -3.39. The molecule has 3 aromatic heterocycles. The van der Waals surface area contributed by atoms with Crippen molar-refractivity contribution in [2.75, 3.05) is 10.7 Å². The average Bonchev–Trinajstić information content (AvgIpc) is 3.31. The molecule has 0 aliphatic carbocycles. The lowest BCUT2D eigenvalue weighted by molar-refractivity contribution is 0.254. The lowest BCUT2D eigenvalue weighted by Gasteiger charge is -2.13. The smallest absolute Gasteiger partial charge is 0.298 e. The second-order valence-corrected chi connectivity index (χ2v) is 8.34. The molecular weight excluding hydrogens is 396 g/mol. The number of thiophene rings is 1. The minimum Gasteiger partial charge on any atom is -0.298 e. The van der Waals surface area contributed by atoms with Crippen LogP contribution in [0.25, 0.3) is 22.2 Å². The van der Waals surface area contributed by atoms with Gasteiger partial charge in [0.2, 0.25) is 0 Å². The number of nitrogens with one attached hydrogen (secondary N) is 3. The second kappa shape index (κ2) is 8.16. The van der Waals surface area contributed by atoms with Crippen molar-refractivity contribution in [2.24, 2.45) is 7.05 Å². The number of hydrogen-bond acceptors (Lipinski definition) is 5. The molecule has 4 aromatic rings. The molecule has 0 radical (unpaired) electrons. The van der Waals surface area contributed by atoms with Crippen molar-refractivity contribution in [3.63, 3.8) is 0 Å². The summed E-state index contributed by atoms with van der Waals surface area (Å²) in [6, 6.07) is 13.6. The molecule has 0 fully saturated rings. The summed E-state index contributed by atoms with van der Waals surface area (Å²) in [6.07, 6.45) is 0. The summed E-state index contributed by atoms with van der Waals surface area (Å²) < 4.78 is 1.76. The van der Waals surface area contributed by atoms with Crippen LogP contribution in [0.1, 0.15) is 31.0 Å². The number of hydrogen-bond donors (Lipinski definition) is 3. The van der Waals surface area contributed by atoms with Crippen LogP contribution >= 0.6 is 11.3 Å². The molecule has 3 N–H and O–H groups in total. The van der Waals surface area contributed by atoms with Crippen LogP contribution in [-0.4, -0.2) is 20.8 Å². The van der Waals surface area contributed by atoms with Gasteiger partial charge in [-0.1, -0.05) is 44.2 Å². The monoisotopic (exact) mass is 420 g/mol. The van der Waals surface area contributed by atoms with Gasteiger partial charge >= 0.3 is 6.03 Å². The number of benzene rings is 1. The van der Waals surface area contributed by atoms with E-state index < -0.39 is 0 Å². The van der Waals surface area contributed by atoms with E-state index >= 15 is 0 Å². The summed E-state index contributed by atoms with van der Waals surface area (Å²) in [6.45, 7) is 6.25. The Kier molecular flexibility index (Phi) is 5.41. The Bertz CT molecular complexity index is 1200. The summed E-state index contributed by atoms with van der Waals surface area (Å²) in [4.78, 5) is 17.0. The fourth-order valence-electron chi connectivity index (χ4n) is 3.45. The number of anilines is 2. The SMILES string of the molecule is Cc1nn(C)c2nc(NNC(=O)Nc3cc(-c4ccccc4)cs3)cc(C(C)C)c12. The quantitative estimate of drug-likeness (QED) is 0.384. The van der Waals surface area contributed by atoms with Gasteiger partial charge in [-0.05, 0) is 41.7 Å². The highest BCUT2D eigenvalue weighted by Crippen LogP contribution is 2.30. The number of carbonyl (C=O) groups excluding carboxylic acids is 1. The first-order chi connectivity index (χ1) is 14.4. The van der Waals surface area contributed by atoms with Crippen LogP contribution in [0.5, 0.6) is 0 Å². The third kappa shape index (κ3) is 3.99. The highest BCUT2D eigenvalue weighted by atomic mass is 32.1. The molecule has 0 atom stereocenters. The van der Waals surface area contributed by atoms with Crippen LogP contribution in [0.15, 0.2) is 47.8 Å². The minimum atomic E-state index is -0.356. The zero-order chi connectivity index (χ0) is 21.3. The van der Waals surface area contributed by atoms with Crippen LogP contribution < -0.4 is 16.2 Å². The lowest BCUT2D eigenvalue weighted by Crippen LogP contribution is -2.33. The number of urea groups is 1. The normalized spacial score (nSPS) is 11.1. The molecule has 0 unspecified atom stereocenters. The Balaban J connectivity index is 1.46. The summed E-state index contributed by atoms with van der Waals surface area (Å²) in [7, 11) is 1.87. The maximum absolute atomic E-state index is 12.4. The molecule has 0 bridgehead atoms. The van der Waals surface area contributed by atoms with Gasteiger partial charge in [0.15, 0.2) is 5.65 Å². The molecular formula is C22H24N6OS. The van der Waals surface area contributed by atoms with E-state index in [0.29, 0.717) is 11.7 Å². The van der Waals surface area contributed by atoms with Gasteiger partial charge in [0.05, 0.1) is 10.7 Å². The summed E-state index contributed by atoms with van der Waals surface area (Å²) in [5, 5.41) is 11.2. The van der Waals surface area contributed by atoms with Crippen LogP contribution in [0.3, 0.4) is 0 Å². The molecule has 154 valence electrons. The fourth-order valence-corrected chi connectivity index (χ4v) is 4.25. The first-order valence-electron chi connectivity index (χ1n) is 9.73. The van der Waals surface area contributed by atoms with Crippen molar-refractivity contribution in [1.82, 2.24) is 20.2 Å². The standard InChI is InChI=1S/C22H24N6OS/c1-13(2)17-11-18(23-21-20(17)14(3)27-28(21)4)25-26-22(29)24-19-10-16(12-30-19)15-8-6-5-7-9-15/h5-13H,1-4H3,(H,23,25)(H2,24,26,29). The zero-order valence-corrected chi connectivity index (χ0v) is 18.2. The number of amides is 2. The van der Waals surface area contributed by atoms with Gasteiger partial charge in [-0.15, -0.1) is 11.3 Å². The zero-order valence-electron chi connectivity index (χ0n) is 17.4. The van der Waals surface area contributed by atoms with E-state index in [4.69, 9.17) is 0 Å². The minimum absolute atomic E-state index is 0.301. The van der Waals surface area contributed by atoms with Crippen molar-refractivity contribution in [3.8, 4) is 11.1 Å². The first-order valence-corrected chi connectivity index (χ1v) is 10.6.